The summed E-state index contributed by atoms with van der Waals surface area (Å²) in [6, 6.07) is 9.90. The van der Waals surface area contributed by atoms with Gasteiger partial charge in [-0.3, -0.25) is 4.79 Å². The van der Waals surface area contributed by atoms with E-state index in [1.54, 1.807) is 0 Å². The molecule has 1 amide bonds. The number of aryl methyl sites for hydroxylation is 1. The minimum atomic E-state index is -0.240. The number of carbonyl (C=O) groups excluding carboxylic acids is 1. The fourth-order valence-corrected chi connectivity index (χ4v) is 2.85. The Hall–Kier alpha value is -2.10. The highest BCUT2D eigenvalue weighted by Crippen LogP contribution is 2.20. The SMILES string of the molecule is Cc1cc2ccccc2nc1NC(C)C(=O)N1CCCC1. The van der Waals surface area contributed by atoms with Crippen molar-refractivity contribution in [2.45, 2.75) is 32.7 Å². The van der Waals surface area contributed by atoms with E-state index in [1.807, 2.05) is 36.9 Å². The lowest BCUT2D eigenvalue weighted by Crippen LogP contribution is -2.39. The van der Waals surface area contributed by atoms with Crippen molar-refractivity contribution in [1.29, 1.82) is 0 Å². The Balaban J connectivity index is 1.80. The number of pyridine rings is 1. The number of nitrogens with zero attached hydrogens (tertiary/aromatic N) is 2. The molecule has 1 aliphatic heterocycles. The van der Waals surface area contributed by atoms with Gasteiger partial charge in [-0.25, -0.2) is 4.98 Å². The van der Waals surface area contributed by atoms with Crippen LogP contribution in [0.4, 0.5) is 5.82 Å². The van der Waals surface area contributed by atoms with Gasteiger partial charge in [0.1, 0.15) is 11.9 Å². The second kappa shape index (κ2) is 5.72. The van der Waals surface area contributed by atoms with Gasteiger partial charge in [0.25, 0.3) is 0 Å². The Bertz CT molecular complexity index is 662. The maximum absolute atomic E-state index is 12.4. The molecule has 1 atom stereocenters. The molecule has 2 aromatic rings. The van der Waals surface area contributed by atoms with Gasteiger partial charge in [-0.15, -0.1) is 0 Å². The number of anilines is 1. The number of rotatable bonds is 3. The number of hydrogen-bond acceptors (Lipinski definition) is 3. The molecule has 3 rings (SSSR count). The molecule has 4 heteroatoms. The quantitative estimate of drug-likeness (QED) is 0.942. The number of nitrogens with one attached hydrogen (secondary N) is 1. The third-order valence-electron chi connectivity index (χ3n) is 4.06. The van der Waals surface area contributed by atoms with Crippen LogP contribution in [-0.2, 0) is 4.79 Å². The second-order valence-electron chi connectivity index (χ2n) is 5.74. The highest BCUT2D eigenvalue weighted by atomic mass is 16.2. The zero-order valence-corrected chi connectivity index (χ0v) is 12.6. The molecule has 0 bridgehead atoms. The lowest BCUT2D eigenvalue weighted by Gasteiger charge is -2.22. The van der Waals surface area contributed by atoms with Crippen molar-refractivity contribution in [3.05, 3.63) is 35.9 Å². The van der Waals surface area contributed by atoms with Gasteiger partial charge in [0, 0.05) is 18.5 Å². The van der Waals surface area contributed by atoms with Crippen LogP contribution < -0.4 is 5.32 Å². The number of hydrogen-bond donors (Lipinski definition) is 1. The van der Waals surface area contributed by atoms with E-state index in [0.717, 1.165) is 48.2 Å². The van der Waals surface area contributed by atoms with E-state index in [-0.39, 0.29) is 11.9 Å². The zero-order valence-electron chi connectivity index (χ0n) is 12.6. The third-order valence-corrected chi connectivity index (χ3v) is 4.06. The molecular weight excluding hydrogens is 262 g/mol. The van der Waals surface area contributed by atoms with Crippen molar-refractivity contribution in [2.24, 2.45) is 0 Å². The van der Waals surface area contributed by atoms with Crippen LogP contribution in [0.25, 0.3) is 10.9 Å². The molecule has 0 saturated carbocycles. The molecule has 1 N–H and O–H groups in total. The summed E-state index contributed by atoms with van der Waals surface area (Å²) in [7, 11) is 0. The number of carbonyl (C=O) groups is 1. The molecule has 1 aromatic carbocycles. The van der Waals surface area contributed by atoms with Crippen LogP contribution in [0.15, 0.2) is 30.3 Å². The number of fused-ring (bicyclic) bond motifs is 1. The smallest absolute Gasteiger partial charge is 0.244 e. The van der Waals surface area contributed by atoms with Crippen LogP contribution >= 0.6 is 0 Å². The van der Waals surface area contributed by atoms with Gasteiger partial charge in [-0.2, -0.15) is 0 Å². The monoisotopic (exact) mass is 283 g/mol. The van der Waals surface area contributed by atoms with Crippen LogP contribution in [0.5, 0.6) is 0 Å². The molecule has 110 valence electrons. The number of amides is 1. The minimum absolute atomic E-state index is 0.168. The largest absolute Gasteiger partial charge is 0.358 e. The Kier molecular flexibility index (Phi) is 3.78. The molecule has 1 unspecified atom stereocenters. The lowest BCUT2D eigenvalue weighted by atomic mass is 10.1. The maximum atomic E-state index is 12.4. The number of para-hydroxylation sites is 1. The van der Waals surface area contributed by atoms with Gasteiger partial charge < -0.3 is 10.2 Å². The van der Waals surface area contributed by atoms with Crippen LogP contribution in [0.2, 0.25) is 0 Å². The molecule has 1 aromatic heterocycles. The zero-order chi connectivity index (χ0) is 14.8. The molecule has 21 heavy (non-hydrogen) atoms. The molecule has 1 fully saturated rings. The fraction of sp³-hybridized carbons (Fsp3) is 0.412. The maximum Gasteiger partial charge on any atom is 0.244 e. The summed E-state index contributed by atoms with van der Waals surface area (Å²) in [5.74, 6) is 0.968. The van der Waals surface area contributed by atoms with Gasteiger partial charge in [-0.05, 0) is 44.4 Å². The Morgan fingerprint density at radius 1 is 1.29 bits per heavy atom. The van der Waals surface area contributed by atoms with Crippen LogP contribution in [0.3, 0.4) is 0 Å². The summed E-state index contributed by atoms with van der Waals surface area (Å²) in [5.41, 5.74) is 2.01. The van der Waals surface area contributed by atoms with E-state index >= 15 is 0 Å². The first-order valence-corrected chi connectivity index (χ1v) is 7.57. The molecular formula is C17H21N3O. The first-order chi connectivity index (χ1) is 10.1. The van der Waals surface area contributed by atoms with E-state index in [2.05, 4.69) is 22.4 Å². The van der Waals surface area contributed by atoms with E-state index < -0.39 is 0 Å². The van der Waals surface area contributed by atoms with Gasteiger partial charge in [0.2, 0.25) is 5.91 Å². The molecule has 0 aliphatic carbocycles. The van der Waals surface area contributed by atoms with Crippen molar-refractivity contribution in [1.82, 2.24) is 9.88 Å². The molecule has 1 saturated heterocycles. The average Bonchev–Trinajstić information content (AvgIpc) is 3.01. The number of aromatic nitrogens is 1. The van der Waals surface area contributed by atoms with Crippen LogP contribution in [0, 0.1) is 6.92 Å². The summed E-state index contributed by atoms with van der Waals surface area (Å²) in [6.45, 7) is 5.70. The average molecular weight is 283 g/mol. The van der Waals surface area contributed by atoms with Crippen molar-refractivity contribution in [2.75, 3.05) is 18.4 Å². The highest BCUT2D eigenvalue weighted by Gasteiger charge is 2.23. The molecule has 0 spiro atoms. The van der Waals surface area contributed by atoms with Crippen molar-refractivity contribution in [3.8, 4) is 0 Å². The minimum Gasteiger partial charge on any atom is -0.358 e. The summed E-state index contributed by atoms with van der Waals surface area (Å²) in [4.78, 5) is 18.9. The fourth-order valence-electron chi connectivity index (χ4n) is 2.85. The first-order valence-electron chi connectivity index (χ1n) is 7.57. The normalized spacial score (nSPS) is 16.2. The van der Waals surface area contributed by atoms with Gasteiger partial charge >= 0.3 is 0 Å². The van der Waals surface area contributed by atoms with Crippen LogP contribution in [0.1, 0.15) is 25.3 Å². The number of benzene rings is 1. The molecule has 2 heterocycles. The Morgan fingerprint density at radius 3 is 2.76 bits per heavy atom. The van der Waals surface area contributed by atoms with Crippen molar-refractivity contribution in [3.63, 3.8) is 0 Å². The van der Waals surface area contributed by atoms with E-state index in [4.69, 9.17) is 0 Å². The summed E-state index contributed by atoms with van der Waals surface area (Å²) in [6.07, 6.45) is 2.23. The topological polar surface area (TPSA) is 45.2 Å². The summed E-state index contributed by atoms with van der Waals surface area (Å²) >= 11 is 0. The number of likely N-dealkylation sites (tertiary alicyclic amines) is 1. The van der Waals surface area contributed by atoms with Crippen molar-refractivity contribution >= 4 is 22.6 Å². The Labute approximate surface area is 125 Å². The van der Waals surface area contributed by atoms with Gasteiger partial charge in [0.15, 0.2) is 0 Å². The van der Waals surface area contributed by atoms with Gasteiger partial charge in [-0.1, -0.05) is 18.2 Å². The predicted molar refractivity (Wildman–Crippen MR) is 85.4 cm³/mol. The summed E-state index contributed by atoms with van der Waals surface area (Å²) in [5, 5.41) is 4.40. The van der Waals surface area contributed by atoms with E-state index in [1.165, 1.54) is 0 Å². The standard InChI is InChI=1S/C17H21N3O/c1-12-11-14-7-3-4-8-15(14)19-16(12)18-13(2)17(21)20-9-5-6-10-20/h3-4,7-8,11,13H,5-6,9-10H2,1-2H3,(H,18,19). The van der Waals surface area contributed by atoms with E-state index in [0.29, 0.717) is 0 Å². The second-order valence-corrected chi connectivity index (χ2v) is 5.74. The lowest BCUT2D eigenvalue weighted by molar-refractivity contribution is -0.130. The first kappa shape index (κ1) is 13.9. The molecule has 4 nitrogen and oxygen atoms in total. The Morgan fingerprint density at radius 2 is 2.00 bits per heavy atom. The highest BCUT2D eigenvalue weighted by molar-refractivity contribution is 5.86. The predicted octanol–water partition coefficient (Wildman–Crippen LogP) is 2.97. The molecule has 1 aliphatic rings. The summed E-state index contributed by atoms with van der Waals surface area (Å²) < 4.78 is 0. The molecule has 0 radical (unpaired) electrons. The third kappa shape index (κ3) is 2.84. The van der Waals surface area contributed by atoms with E-state index in [9.17, 15) is 4.79 Å². The van der Waals surface area contributed by atoms with Crippen LogP contribution in [-0.4, -0.2) is 34.9 Å². The van der Waals surface area contributed by atoms with Gasteiger partial charge in [0.05, 0.1) is 5.52 Å². The van der Waals surface area contributed by atoms with Crippen molar-refractivity contribution < 1.29 is 4.79 Å².